The Morgan fingerprint density at radius 3 is 2.68 bits per heavy atom. The second-order valence-corrected chi connectivity index (χ2v) is 9.60. The number of hydrogen-bond acceptors (Lipinski definition) is 5. The lowest BCUT2D eigenvalue weighted by Gasteiger charge is -2.42. The van der Waals surface area contributed by atoms with Gasteiger partial charge in [0.1, 0.15) is 0 Å². The van der Waals surface area contributed by atoms with Crippen molar-refractivity contribution in [2.75, 3.05) is 45.9 Å². The number of thiophene rings is 1. The van der Waals surface area contributed by atoms with Crippen LogP contribution < -0.4 is 5.32 Å². The molecule has 0 saturated carbocycles. The number of carbonyl (C=O) groups excluding carboxylic acids is 2. The summed E-state index contributed by atoms with van der Waals surface area (Å²) >= 11 is 1.61. The monoisotopic (exact) mass is 441 g/mol. The van der Waals surface area contributed by atoms with Crippen LogP contribution >= 0.6 is 11.3 Å². The normalized spacial score (nSPS) is 21.9. The zero-order chi connectivity index (χ0) is 21.8. The number of hydrogen-bond donors (Lipinski definition) is 1. The molecule has 6 nitrogen and oxygen atoms in total. The van der Waals surface area contributed by atoms with Crippen LogP contribution in [0, 0.1) is 5.92 Å². The van der Waals surface area contributed by atoms with E-state index in [1.807, 2.05) is 46.7 Å². The van der Waals surface area contributed by atoms with E-state index >= 15 is 0 Å². The van der Waals surface area contributed by atoms with E-state index < -0.39 is 5.92 Å². The van der Waals surface area contributed by atoms with Crippen LogP contribution in [0.15, 0.2) is 41.8 Å². The predicted molar refractivity (Wildman–Crippen MR) is 122 cm³/mol. The average Bonchev–Trinajstić information content (AvgIpc) is 3.30. The van der Waals surface area contributed by atoms with E-state index in [1.165, 1.54) is 0 Å². The molecule has 1 aromatic heterocycles. The lowest BCUT2D eigenvalue weighted by molar-refractivity contribution is -0.124. The van der Waals surface area contributed by atoms with Crippen molar-refractivity contribution in [3.8, 4) is 0 Å². The molecule has 2 aliphatic heterocycles. The summed E-state index contributed by atoms with van der Waals surface area (Å²) in [5, 5.41) is 5.18. The number of benzene rings is 1. The number of carbonyl (C=O) groups is 2. The molecular weight excluding hydrogens is 410 g/mol. The van der Waals surface area contributed by atoms with Gasteiger partial charge in [-0.25, -0.2) is 0 Å². The third-order valence-electron chi connectivity index (χ3n) is 5.95. The zero-order valence-corrected chi connectivity index (χ0v) is 19.1. The van der Waals surface area contributed by atoms with Gasteiger partial charge in [-0.1, -0.05) is 38.1 Å². The van der Waals surface area contributed by atoms with Crippen molar-refractivity contribution >= 4 is 23.2 Å². The molecule has 2 aromatic rings. The molecule has 3 heterocycles. The van der Waals surface area contributed by atoms with Gasteiger partial charge in [-0.15, -0.1) is 11.3 Å². The van der Waals surface area contributed by atoms with Crippen molar-refractivity contribution in [1.29, 1.82) is 0 Å². The molecule has 0 bridgehead atoms. The van der Waals surface area contributed by atoms with Crippen LogP contribution in [0.3, 0.4) is 0 Å². The predicted octanol–water partition coefficient (Wildman–Crippen LogP) is 3.13. The van der Waals surface area contributed by atoms with Crippen LogP contribution in [-0.2, 0) is 9.53 Å². The summed E-state index contributed by atoms with van der Waals surface area (Å²) in [4.78, 5) is 32.3. The molecule has 31 heavy (non-hydrogen) atoms. The van der Waals surface area contributed by atoms with Gasteiger partial charge in [0.15, 0.2) is 0 Å². The van der Waals surface area contributed by atoms with Gasteiger partial charge in [0, 0.05) is 43.2 Å². The van der Waals surface area contributed by atoms with Gasteiger partial charge in [0.25, 0.3) is 5.91 Å². The molecule has 4 rings (SSSR count). The summed E-state index contributed by atoms with van der Waals surface area (Å²) in [5.41, 5.74) is 1.47. The first-order valence-corrected chi connectivity index (χ1v) is 12.0. The highest BCUT2D eigenvalue weighted by molar-refractivity contribution is 7.10. The Labute approximate surface area is 188 Å². The maximum atomic E-state index is 13.6. The number of nitrogens with one attached hydrogen (secondary N) is 1. The maximum Gasteiger partial charge on any atom is 0.254 e. The number of rotatable bonds is 7. The van der Waals surface area contributed by atoms with Gasteiger partial charge in [0.05, 0.1) is 25.2 Å². The second-order valence-electron chi connectivity index (χ2n) is 8.62. The third-order valence-corrected chi connectivity index (χ3v) is 6.89. The number of nitrogens with zero attached hydrogens (tertiary/aromatic N) is 2. The molecule has 0 spiro atoms. The van der Waals surface area contributed by atoms with Gasteiger partial charge < -0.3 is 15.0 Å². The van der Waals surface area contributed by atoms with Gasteiger partial charge in [0.2, 0.25) is 5.91 Å². The Morgan fingerprint density at radius 2 is 1.97 bits per heavy atom. The van der Waals surface area contributed by atoms with Gasteiger partial charge in [-0.2, -0.15) is 0 Å². The fourth-order valence-corrected chi connectivity index (χ4v) is 5.39. The lowest BCUT2D eigenvalue weighted by atomic mass is 9.81. The quantitative estimate of drug-likeness (QED) is 0.717. The first kappa shape index (κ1) is 22.0. The molecule has 0 radical (unpaired) electrons. The van der Waals surface area contributed by atoms with Crippen LogP contribution in [0.25, 0.3) is 0 Å². The second kappa shape index (κ2) is 9.94. The molecule has 1 aromatic carbocycles. The first-order chi connectivity index (χ1) is 15.1. The van der Waals surface area contributed by atoms with Crippen LogP contribution in [-0.4, -0.2) is 67.6 Å². The molecule has 0 aliphatic carbocycles. The molecule has 2 aliphatic rings. The molecule has 1 N–H and O–H groups in total. The fraction of sp³-hybridized carbons (Fsp3) is 0.500. The minimum Gasteiger partial charge on any atom is -0.379 e. The highest BCUT2D eigenvalue weighted by Crippen LogP contribution is 2.44. The highest BCUT2D eigenvalue weighted by Gasteiger charge is 2.44. The van der Waals surface area contributed by atoms with E-state index in [9.17, 15) is 9.59 Å². The Hall–Kier alpha value is -2.22. The van der Waals surface area contributed by atoms with E-state index in [0.717, 1.165) is 43.3 Å². The largest absolute Gasteiger partial charge is 0.379 e. The molecule has 7 heteroatoms. The third kappa shape index (κ3) is 4.84. The molecule has 166 valence electrons. The number of morpholine rings is 1. The topological polar surface area (TPSA) is 61.9 Å². The molecule has 1 fully saturated rings. The van der Waals surface area contributed by atoms with Crippen molar-refractivity contribution in [2.45, 2.75) is 25.8 Å². The Kier molecular flexibility index (Phi) is 7.05. The molecule has 2 amide bonds. The summed E-state index contributed by atoms with van der Waals surface area (Å²) < 4.78 is 5.40. The van der Waals surface area contributed by atoms with E-state index in [2.05, 4.69) is 24.1 Å². The zero-order valence-electron chi connectivity index (χ0n) is 18.3. The van der Waals surface area contributed by atoms with Crippen molar-refractivity contribution in [1.82, 2.24) is 15.1 Å². The smallest absolute Gasteiger partial charge is 0.254 e. The summed E-state index contributed by atoms with van der Waals surface area (Å²) in [6.07, 6.45) is 0. The summed E-state index contributed by atoms with van der Waals surface area (Å²) in [5.74, 6) is -0.113. The summed E-state index contributed by atoms with van der Waals surface area (Å²) in [6, 6.07) is 11.3. The summed E-state index contributed by atoms with van der Waals surface area (Å²) in [6.45, 7) is 9.52. The van der Waals surface area contributed by atoms with E-state index in [-0.39, 0.29) is 17.9 Å². The number of fused-ring (bicyclic) bond motifs is 1. The van der Waals surface area contributed by atoms with Crippen LogP contribution in [0.4, 0.5) is 0 Å². The lowest BCUT2D eigenvalue weighted by Crippen LogP contribution is -2.49. The van der Waals surface area contributed by atoms with Gasteiger partial charge >= 0.3 is 0 Å². The van der Waals surface area contributed by atoms with Gasteiger partial charge in [-0.3, -0.25) is 14.5 Å². The Morgan fingerprint density at radius 1 is 1.19 bits per heavy atom. The first-order valence-electron chi connectivity index (χ1n) is 11.1. The minimum absolute atomic E-state index is 0.0136. The molecule has 1 saturated heterocycles. The van der Waals surface area contributed by atoms with Gasteiger partial charge in [-0.05, 0) is 29.0 Å². The minimum atomic E-state index is -0.420. The summed E-state index contributed by atoms with van der Waals surface area (Å²) in [7, 11) is 0. The highest BCUT2D eigenvalue weighted by atomic mass is 32.1. The SMILES string of the molecule is CC(C)CN1C(=O)c2ccccc2C(C(=O)NCCN2CCOCC2)C1c1cccs1. The maximum absolute atomic E-state index is 13.6. The van der Waals surface area contributed by atoms with E-state index in [1.54, 1.807) is 11.3 Å². The number of amides is 2. The van der Waals surface area contributed by atoms with Crippen LogP contribution in [0.2, 0.25) is 0 Å². The Bertz CT molecular complexity index is 893. The van der Waals surface area contributed by atoms with Crippen LogP contribution in [0.1, 0.15) is 46.6 Å². The van der Waals surface area contributed by atoms with Crippen LogP contribution in [0.5, 0.6) is 0 Å². The number of ether oxygens (including phenoxy) is 1. The fourth-order valence-electron chi connectivity index (χ4n) is 4.52. The average molecular weight is 442 g/mol. The molecule has 2 atom stereocenters. The standard InChI is InChI=1S/C24H31N3O3S/c1-17(2)16-27-22(20-8-5-15-31-20)21(18-6-3-4-7-19(18)24(27)29)23(28)25-9-10-26-11-13-30-14-12-26/h3-8,15,17,21-22H,9-14,16H2,1-2H3,(H,25,28). The Balaban J connectivity index is 1.62. The van der Waals surface area contributed by atoms with Crippen molar-refractivity contribution < 1.29 is 14.3 Å². The van der Waals surface area contributed by atoms with Crippen molar-refractivity contribution in [3.05, 3.63) is 57.8 Å². The van der Waals surface area contributed by atoms with E-state index in [4.69, 9.17) is 4.74 Å². The van der Waals surface area contributed by atoms with E-state index in [0.29, 0.717) is 24.6 Å². The van der Waals surface area contributed by atoms with Crippen molar-refractivity contribution in [2.24, 2.45) is 5.92 Å². The van der Waals surface area contributed by atoms with Crippen molar-refractivity contribution in [3.63, 3.8) is 0 Å². The molecular formula is C24H31N3O3S. The molecule has 2 unspecified atom stereocenters.